The molecule has 0 saturated carbocycles. The zero-order chi connectivity index (χ0) is 16.9. The maximum Gasteiger partial charge on any atom is 0.139 e. The van der Waals surface area contributed by atoms with Gasteiger partial charge in [-0.15, -0.1) is 0 Å². The van der Waals surface area contributed by atoms with Crippen LogP contribution in [0.25, 0.3) is 5.65 Å². The summed E-state index contributed by atoms with van der Waals surface area (Å²) in [6.07, 6.45) is 3.31. The summed E-state index contributed by atoms with van der Waals surface area (Å²) in [5, 5.41) is 13.3. The van der Waals surface area contributed by atoms with Gasteiger partial charge >= 0.3 is 0 Å². The number of pyridine rings is 1. The molecule has 3 aromatic rings. The molecular formula is C19H23N3O2. The minimum atomic E-state index is -0.563. The second kappa shape index (κ2) is 7.47. The Balaban J connectivity index is 1.48. The minimum Gasteiger partial charge on any atom is -0.491 e. The highest BCUT2D eigenvalue weighted by atomic mass is 16.5. The van der Waals surface area contributed by atoms with Gasteiger partial charge in [-0.05, 0) is 43.2 Å². The number of aliphatic hydroxyl groups is 1. The Bertz CT molecular complexity index is 813. The summed E-state index contributed by atoms with van der Waals surface area (Å²) in [5.41, 5.74) is 4.33. The van der Waals surface area contributed by atoms with Crippen LogP contribution in [0, 0.1) is 13.8 Å². The van der Waals surface area contributed by atoms with Crippen LogP contribution in [-0.4, -0.2) is 33.7 Å². The zero-order valence-corrected chi connectivity index (χ0v) is 14.1. The molecule has 0 aliphatic heterocycles. The first-order valence-electron chi connectivity index (χ1n) is 8.13. The van der Waals surface area contributed by atoms with Crippen LogP contribution in [0.2, 0.25) is 0 Å². The van der Waals surface area contributed by atoms with E-state index in [9.17, 15) is 5.11 Å². The Morgan fingerprint density at radius 2 is 2.12 bits per heavy atom. The molecule has 5 nitrogen and oxygen atoms in total. The third kappa shape index (κ3) is 3.93. The monoisotopic (exact) mass is 325 g/mol. The van der Waals surface area contributed by atoms with Gasteiger partial charge in [0.15, 0.2) is 0 Å². The highest BCUT2D eigenvalue weighted by molar-refractivity contribution is 5.48. The second-order valence-electron chi connectivity index (χ2n) is 6.05. The molecule has 0 bridgehead atoms. The Hall–Kier alpha value is -2.37. The van der Waals surface area contributed by atoms with Crippen LogP contribution >= 0.6 is 0 Å². The number of aliphatic hydroxyl groups excluding tert-OH is 1. The number of imidazole rings is 1. The molecule has 0 fully saturated rings. The maximum atomic E-state index is 10.1. The lowest BCUT2D eigenvalue weighted by atomic mass is 10.2. The Kier molecular flexibility index (Phi) is 5.13. The molecule has 0 aliphatic carbocycles. The van der Waals surface area contributed by atoms with E-state index in [2.05, 4.69) is 14.7 Å². The van der Waals surface area contributed by atoms with Crippen molar-refractivity contribution in [3.8, 4) is 5.75 Å². The highest BCUT2D eigenvalue weighted by Crippen LogP contribution is 2.13. The molecule has 0 amide bonds. The molecule has 1 aromatic carbocycles. The molecule has 2 heterocycles. The highest BCUT2D eigenvalue weighted by Gasteiger charge is 2.08. The Labute approximate surface area is 141 Å². The van der Waals surface area contributed by atoms with Gasteiger partial charge in [0.25, 0.3) is 0 Å². The van der Waals surface area contributed by atoms with Crippen molar-refractivity contribution in [3.05, 3.63) is 65.6 Å². The van der Waals surface area contributed by atoms with Gasteiger partial charge in [0.2, 0.25) is 0 Å². The number of rotatable bonds is 7. The van der Waals surface area contributed by atoms with Crippen molar-refractivity contribution in [3.63, 3.8) is 0 Å². The number of fused-ring (bicyclic) bond motifs is 1. The van der Waals surface area contributed by atoms with E-state index in [1.54, 1.807) is 0 Å². The van der Waals surface area contributed by atoms with Crippen LogP contribution in [0.3, 0.4) is 0 Å². The largest absolute Gasteiger partial charge is 0.491 e. The first-order chi connectivity index (χ1) is 11.6. The van der Waals surface area contributed by atoms with Crippen molar-refractivity contribution in [2.75, 3.05) is 13.2 Å². The first kappa shape index (κ1) is 16.5. The number of benzene rings is 1. The van der Waals surface area contributed by atoms with Crippen LogP contribution in [-0.2, 0) is 6.54 Å². The first-order valence-corrected chi connectivity index (χ1v) is 8.13. The molecule has 5 heteroatoms. The zero-order valence-electron chi connectivity index (χ0n) is 14.1. The van der Waals surface area contributed by atoms with Crippen molar-refractivity contribution in [1.82, 2.24) is 14.7 Å². The van der Waals surface area contributed by atoms with Gasteiger partial charge in [-0.2, -0.15) is 0 Å². The fourth-order valence-electron chi connectivity index (χ4n) is 2.66. The van der Waals surface area contributed by atoms with Crippen molar-refractivity contribution >= 4 is 5.65 Å². The molecule has 0 aliphatic rings. The topological polar surface area (TPSA) is 58.8 Å². The lowest BCUT2D eigenvalue weighted by molar-refractivity contribution is 0.106. The summed E-state index contributed by atoms with van der Waals surface area (Å²) in [6.45, 7) is 5.44. The number of aromatic nitrogens is 2. The number of hydrogen-bond acceptors (Lipinski definition) is 4. The lowest BCUT2D eigenvalue weighted by Gasteiger charge is -2.13. The average molecular weight is 325 g/mol. The molecule has 0 radical (unpaired) electrons. The smallest absolute Gasteiger partial charge is 0.139 e. The molecule has 2 N–H and O–H groups in total. The van der Waals surface area contributed by atoms with Crippen LogP contribution in [0.4, 0.5) is 0 Å². The third-order valence-electron chi connectivity index (χ3n) is 3.93. The van der Waals surface area contributed by atoms with Crippen LogP contribution < -0.4 is 10.1 Å². The van der Waals surface area contributed by atoms with E-state index in [0.717, 1.165) is 28.2 Å². The second-order valence-corrected chi connectivity index (χ2v) is 6.05. The molecule has 0 saturated heterocycles. The predicted molar refractivity (Wildman–Crippen MR) is 94.3 cm³/mol. The predicted octanol–water partition coefficient (Wildman–Crippen LogP) is 2.48. The van der Waals surface area contributed by atoms with E-state index in [1.807, 2.05) is 62.6 Å². The van der Waals surface area contributed by atoms with Gasteiger partial charge in [0, 0.05) is 19.3 Å². The number of hydrogen-bond donors (Lipinski definition) is 2. The Morgan fingerprint density at radius 3 is 2.96 bits per heavy atom. The lowest BCUT2D eigenvalue weighted by Crippen LogP contribution is -2.31. The number of ether oxygens (including phenoxy) is 1. The number of aryl methyl sites for hydroxylation is 2. The SMILES string of the molecule is Cc1cccc(OCC(O)CNCc2cnc3c(C)cccn23)c1. The van der Waals surface area contributed by atoms with Gasteiger partial charge in [0.1, 0.15) is 24.1 Å². The van der Waals surface area contributed by atoms with Gasteiger partial charge in [-0.3, -0.25) is 0 Å². The van der Waals surface area contributed by atoms with Gasteiger partial charge < -0.3 is 19.6 Å². The summed E-state index contributed by atoms with van der Waals surface area (Å²) in [4.78, 5) is 4.44. The number of nitrogens with one attached hydrogen (secondary N) is 1. The molecule has 126 valence electrons. The van der Waals surface area contributed by atoms with Gasteiger partial charge in [-0.1, -0.05) is 18.2 Å². The van der Waals surface area contributed by atoms with Crippen molar-refractivity contribution in [2.45, 2.75) is 26.5 Å². The van der Waals surface area contributed by atoms with Crippen LogP contribution in [0.1, 0.15) is 16.8 Å². The third-order valence-corrected chi connectivity index (χ3v) is 3.93. The van der Waals surface area contributed by atoms with E-state index < -0.39 is 6.10 Å². The van der Waals surface area contributed by atoms with Crippen LogP contribution in [0.5, 0.6) is 5.75 Å². The van der Waals surface area contributed by atoms with E-state index in [0.29, 0.717) is 13.1 Å². The summed E-state index contributed by atoms with van der Waals surface area (Å²) in [5.74, 6) is 0.784. The summed E-state index contributed by atoms with van der Waals surface area (Å²) >= 11 is 0. The van der Waals surface area contributed by atoms with Crippen LogP contribution in [0.15, 0.2) is 48.8 Å². The van der Waals surface area contributed by atoms with Gasteiger partial charge in [-0.25, -0.2) is 4.98 Å². The normalized spacial score (nSPS) is 12.5. The summed E-state index contributed by atoms with van der Waals surface area (Å²) < 4.78 is 7.68. The fraction of sp³-hybridized carbons (Fsp3) is 0.316. The maximum absolute atomic E-state index is 10.1. The van der Waals surface area contributed by atoms with E-state index >= 15 is 0 Å². The molecule has 24 heavy (non-hydrogen) atoms. The summed E-state index contributed by atoms with van der Waals surface area (Å²) in [6, 6.07) is 11.9. The molecule has 0 spiro atoms. The minimum absolute atomic E-state index is 0.267. The van der Waals surface area contributed by atoms with E-state index in [-0.39, 0.29) is 6.61 Å². The van der Waals surface area contributed by atoms with E-state index in [4.69, 9.17) is 4.74 Å². The quantitative estimate of drug-likeness (QED) is 0.701. The average Bonchev–Trinajstić information content (AvgIpc) is 2.98. The molecule has 2 aromatic heterocycles. The molecule has 3 rings (SSSR count). The molecular weight excluding hydrogens is 302 g/mol. The molecule has 1 unspecified atom stereocenters. The molecule has 1 atom stereocenters. The van der Waals surface area contributed by atoms with E-state index in [1.165, 1.54) is 0 Å². The fourth-order valence-corrected chi connectivity index (χ4v) is 2.66. The van der Waals surface area contributed by atoms with Crippen molar-refractivity contribution in [2.24, 2.45) is 0 Å². The summed E-state index contributed by atoms with van der Waals surface area (Å²) in [7, 11) is 0. The standard InChI is InChI=1S/C19H23N3O2/c1-14-5-3-7-18(9-14)24-13-17(23)12-20-10-16-11-21-19-15(2)6-4-8-22(16)19/h3-9,11,17,20,23H,10,12-13H2,1-2H3. The Morgan fingerprint density at radius 1 is 1.25 bits per heavy atom. The van der Waals surface area contributed by atoms with Crippen molar-refractivity contribution < 1.29 is 9.84 Å². The van der Waals surface area contributed by atoms with Gasteiger partial charge in [0.05, 0.1) is 11.9 Å². The number of nitrogens with zero attached hydrogens (tertiary/aromatic N) is 2. The van der Waals surface area contributed by atoms with Crippen molar-refractivity contribution in [1.29, 1.82) is 0 Å².